The molecule has 0 bridgehead atoms. The highest BCUT2D eigenvalue weighted by Crippen LogP contribution is 2.28. The third kappa shape index (κ3) is 5.91. The minimum Gasteiger partial charge on any atom is -0.484 e. The van der Waals surface area contributed by atoms with E-state index in [0.29, 0.717) is 17.8 Å². The minimum absolute atomic E-state index is 0. The van der Waals surface area contributed by atoms with E-state index >= 15 is 0 Å². The number of carbonyl (C=O) groups is 1. The van der Waals surface area contributed by atoms with Crippen LogP contribution in [-0.4, -0.2) is 31.8 Å². The Morgan fingerprint density at radius 1 is 1.43 bits per heavy atom. The minimum atomic E-state index is -4.39. The molecule has 0 aliphatic carbocycles. The van der Waals surface area contributed by atoms with Crippen LogP contribution in [0.2, 0.25) is 0 Å². The topological polar surface area (TPSA) is 50.4 Å². The molecule has 1 aliphatic rings. The number of hydrogen-bond acceptors (Lipinski definition) is 3. The molecule has 2 rings (SSSR count). The number of piperidine rings is 1. The number of rotatable bonds is 4. The van der Waals surface area contributed by atoms with Gasteiger partial charge < -0.3 is 15.4 Å². The number of ether oxygens (including phenoxy) is 1. The van der Waals surface area contributed by atoms with Crippen molar-refractivity contribution in [2.45, 2.75) is 25.9 Å². The molecule has 4 nitrogen and oxygen atoms in total. The van der Waals surface area contributed by atoms with E-state index in [2.05, 4.69) is 10.6 Å². The van der Waals surface area contributed by atoms with Gasteiger partial charge in [-0.3, -0.25) is 4.79 Å². The van der Waals surface area contributed by atoms with Gasteiger partial charge in [-0.05, 0) is 38.4 Å². The van der Waals surface area contributed by atoms with Crippen LogP contribution in [0.3, 0.4) is 0 Å². The van der Waals surface area contributed by atoms with Crippen LogP contribution in [0.15, 0.2) is 18.2 Å². The molecule has 0 aromatic heterocycles. The largest absolute Gasteiger partial charge is 0.484 e. The molecule has 1 fully saturated rings. The summed E-state index contributed by atoms with van der Waals surface area (Å²) in [5, 5.41) is 5.93. The predicted octanol–water partition coefficient (Wildman–Crippen LogP) is 3.30. The Hall–Kier alpha value is -1.47. The first kappa shape index (κ1) is 19.6. The van der Waals surface area contributed by atoms with Crippen molar-refractivity contribution in [2.24, 2.45) is 5.92 Å². The Morgan fingerprint density at radius 2 is 2.17 bits per heavy atom. The summed E-state index contributed by atoms with van der Waals surface area (Å²) in [6.45, 7) is 1.80. The van der Waals surface area contributed by atoms with Crippen molar-refractivity contribution in [1.29, 1.82) is 0 Å². The van der Waals surface area contributed by atoms with Crippen LogP contribution < -0.4 is 15.4 Å². The molecule has 1 aliphatic heterocycles. The van der Waals surface area contributed by atoms with Crippen LogP contribution in [0, 0.1) is 12.8 Å². The maximum Gasteiger partial charge on any atom is 0.422 e. The molecule has 0 saturated carbocycles. The van der Waals surface area contributed by atoms with Crippen molar-refractivity contribution in [3.05, 3.63) is 23.8 Å². The van der Waals surface area contributed by atoms with Crippen LogP contribution in [0.5, 0.6) is 5.75 Å². The first-order valence-corrected chi connectivity index (χ1v) is 7.17. The lowest BCUT2D eigenvalue weighted by atomic mass is 9.98. The van der Waals surface area contributed by atoms with Gasteiger partial charge >= 0.3 is 6.18 Å². The Morgan fingerprint density at radius 3 is 2.78 bits per heavy atom. The molecule has 1 aromatic carbocycles. The van der Waals surface area contributed by atoms with Gasteiger partial charge in [-0.2, -0.15) is 13.2 Å². The predicted molar refractivity (Wildman–Crippen MR) is 84.2 cm³/mol. The first-order chi connectivity index (χ1) is 10.4. The van der Waals surface area contributed by atoms with E-state index in [1.807, 2.05) is 0 Å². The van der Waals surface area contributed by atoms with Crippen LogP contribution in [0.4, 0.5) is 18.9 Å². The Labute approximate surface area is 139 Å². The lowest BCUT2D eigenvalue weighted by molar-refractivity contribution is -0.153. The molecule has 1 aromatic rings. The molecule has 1 heterocycles. The second-order valence-corrected chi connectivity index (χ2v) is 5.37. The Kier molecular flexibility index (Phi) is 7.15. The molecule has 23 heavy (non-hydrogen) atoms. The smallest absolute Gasteiger partial charge is 0.422 e. The zero-order valence-electron chi connectivity index (χ0n) is 12.7. The standard InChI is InChI=1S/C15H19F3N2O2.ClH/c1-10-12(20-14(21)11-4-3-7-19-8-11)5-2-6-13(10)22-9-15(16,17)18;/h2,5-6,11,19H,3-4,7-9H2,1H3,(H,20,21);1H. The Bertz CT molecular complexity index is 532. The van der Waals surface area contributed by atoms with E-state index < -0.39 is 12.8 Å². The highest BCUT2D eigenvalue weighted by atomic mass is 35.5. The number of halogens is 4. The second kappa shape index (κ2) is 8.40. The van der Waals surface area contributed by atoms with Gasteiger partial charge in [0.2, 0.25) is 5.91 Å². The first-order valence-electron chi connectivity index (χ1n) is 7.17. The summed E-state index contributed by atoms with van der Waals surface area (Å²) in [5.41, 5.74) is 0.971. The van der Waals surface area contributed by atoms with Gasteiger partial charge in [-0.25, -0.2) is 0 Å². The van der Waals surface area contributed by atoms with E-state index in [1.54, 1.807) is 19.1 Å². The highest BCUT2D eigenvalue weighted by molar-refractivity contribution is 5.93. The lowest BCUT2D eigenvalue weighted by Crippen LogP contribution is -2.37. The van der Waals surface area contributed by atoms with Crippen molar-refractivity contribution >= 4 is 24.0 Å². The van der Waals surface area contributed by atoms with Crippen LogP contribution in [0.1, 0.15) is 18.4 Å². The summed E-state index contributed by atoms with van der Waals surface area (Å²) >= 11 is 0. The third-order valence-electron chi connectivity index (χ3n) is 3.60. The van der Waals surface area contributed by atoms with Gasteiger partial charge in [0, 0.05) is 17.8 Å². The number of benzene rings is 1. The number of carbonyl (C=O) groups excluding carboxylic acids is 1. The highest BCUT2D eigenvalue weighted by Gasteiger charge is 2.29. The Balaban J connectivity index is 0.00000264. The molecule has 1 unspecified atom stereocenters. The average Bonchev–Trinajstić information content (AvgIpc) is 2.48. The van der Waals surface area contributed by atoms with Gasteiger partial charge in [0.25, 0.3) is 0 Å². The molecule has 1 atom stereocenters. The molecular weight excluding hydrogens is 333 g/mol. The number of alkyl halides is 3. The van der Waals surface area contributed by atoms with E-state index in [0.717, 1.165) is 19.4 Å². The second-order valence-electron chi connectivity index (χ2n) is 5.37. The number of amides is 1. The van der Waals surface area contributed by atoms with Crippen molar-refractivity contribution in [3.8, 4) is 5.75 Å². The van der Waals surface area contributed by atoms with Gasteiger partial charge in [0.05, 0.1) is 5.92 Å². The fourth-order valence-corrected chi connectivity index (χ4v) is 2.38. The SMILES string of the molecule is Cc1c(NC(=O)C2CCCNC2)cccc1OCC(F)(F)F.Cl. The molecule has 130 valence electrons. The van der Waals surface area contributed by atoms with Crippen molar-refractivity contribution < 1.29 is 22.7 Å². The van der Waals surface area contributed by atoms with E-state index in [1.165, 1.54) is 6.07 Å². The van der Waals surface area contributed by atoms with Crippen molar-refractivity contribution in [2.75, 3.05) is 25.0 Å². The van der Waals surface area contributed by atoms with Gasteiger partial charge in [-0.15, -0.1) is 12.4 Å². The quantitative estimate of drug-likeness (QED) is 0.874. The summed E-state index contributed by atoms with van der Waals surface area (Å²) in [7, 11) is 0. The lowest BCUT2D eigenvalue weighted by Gasteiger charge is -2.22. The van der Waals surface area contributed by atoms with Crippen LogP contribution in [-0.2, 0) is 4.79 Å². The van der Waals surface area contributed by atoms with Crippen molar-refractivity contribution in [3.63, 3.8) is 0 Å². The maximum absolute atomic E-state index is 12.2. The molecule has 2 N–H and O–H groups in total. The molecule has 0 radical (unpaired) electrons. The van der Waals surface area contributed by atoms with Gasteiger partial charge in [0.15, 0.2) is 6.61 Å². The summed E-state index contributed by atoms with van der Waals surface area (Å²) < 4.78 is 41.5. The summed E-state index contributed by atoms with van der Waals surface area (Å²) in [6, 6.07) is 4.68. The molecular formula is C15H20ClF3N2O2. The maximum atomic E-state index is 12.2. The van der Waals surface area contributed by atoms with Crippen LogP contribution in [0.25, 0.3) is 0 Å². The fourth-order valence-electron chi connectivity index (χ4n) is 2.38. The van der Waals surface area contributed by atoms with E-state index in [9.17, 15) is 18.0 Å². The average molecular weight is 353 g/mol. The van der Waals surface area contributed by atoms with E-state index in [4.69, 9.17) is 4.74 Å². The molecule has 8 heteroatoms. The van der Waals surface area contributed by atoms with E-state index in [-0.39, 0.29) is 30.0 Å². The monoisotopic (exact) mass is 352 g/mol. The van der Waals surface area contributed by atoms with Crippen LogP contribution >= 0.6 is 12.4 Å². The van der Waals surface area contributed by atoms with Crippen molar-refractivity contribution in [1.82, 2.24) is 5.32 Å². The van der Waals surface area contributed by atoms with Gasteiger partial charge in [-0.1, -0.05) is 6.07 Å². The molecule has 0 spiro atoms. The normalized spacial score (nSPS) is 18.0. The molecule has 1 saturated heterocycles. The third-order valence-corrected chi connectivity index (χ3v) is 3.60. The van der Waals surface area contributed by atoms with Gasteiger partial charge in [0.1, 0.15) is 5.75 Å². The molecule has 1 amide bonds. The zero-order valence-corrected chi connectivity index (χ0v) is 13.5. The summed E-state index contributed by atoms with van der Waals surface area (Å²) in [6.07, 6.45) is -2.65. The zero-order chi connectivity index (χ0) is 16.2. The number of anilines is 1. The number of nitrogens with one attached hydrogen (secondary N) is 2. The fraction of sp³-hybridized carbons (Fsp3) is 0.533. The summed E-state index contributed by atoms with van der Waals surface area (Å²) in [4.78, 5) is 12.2. The number of hydrogen-bond donors (Lipinski definition) is 2. The summed E-state index contributed by atoms with van der Waals surface area (Å²) in [5.74, 6) is -0.118.